The fourth-order valence-corrected chi connectivity index (χ4v) is 3.42. The van der Waals surface area contributed by atoms with Crippen molar-refractivity contribution in [2.45, 2.75) is 32.6 Å². The minimum Gasteiger partial charge on any atom is -0.497 e. The van der Waals surface area contributed by atoms with Gasteiger partial charge in [0, 0.05) is 12.0 Å². The normalized spacial score (nSPS) is 11.0. The van der Waals surface area contributed by atoms with E-state index in [1.165, 1.54) is 0 Å². The topological polar surface area (TPSA) is 61.8 Å². The summed E-state index contributed by atoms with van der Waals surface area (Å²) < 4.78 is 15.9. The molecule has 0 radical (unpaired) electrons. The molecule has 0 atom stereocenters. The van der Waals surface area contributed by atoms with Crippen molar-refractivity contribution in [3.8, 4) is 17.2 Å². The Balaban J connectivity index is 1.82. The van der Waals surface area contributed by atoms with E-state index in [-0.39, 0.29) is 17.6 Å². The molecule has 0 fully saturated rings. The zero-order chi connectivity index (χ0) is 23.3. The maximum atomic E-state index is 12.9. The van der Waals surface area contributed by atoms with Gasteiger partial charge in [-0.15, -0.1) is 0 Å². The van der Waals surface area contributed by atoms with Gasteiger partial charge in [-0.05, 0) is 77.2 Å². The van der Waals surface area contributed by atoms with Gasteiger partial charge in [-0.25, -0.2) is 4.79 Å². The second-order valence-corrected chi connectivity index (χ2v) is 8.52. The summed E-state index contributed by atoms with van der Waals surface area (Å²) in [6, 6.07) is 19.3. The Hall–Kier alpha value is -3.60. The number of Topliss-reactive ketones (excluding diaryl/α,β-unsaturated/α-hetero) is 1. The third kappa shape index (κ3) is 5.55. The summed E-state index contributed by atoms with van der Waals surface area (Å²) >= 11 is 0. The van der Waals surface area contributed by atoms with Crippen molar-refractivity contribution in [2.24, 2.45) is 0 Å². The van der Waals surface area contributed by atoms with Crippen molar-refractivity contribution in [1.29, 1.82) is 0 Å². The van der Waals surface area contributed by atoms with E-state index in [0.29, 0.717) is 28.4 Å². The molecule has 32 heavy (non-hydrogen) atoms. The largest absolute Gasteiger partial charge is 0.497 e. The number of carbonyl (C=O) groups is 2. The first-order chi connectivity index (χ1) is 15.2. The summed E-state index contributed by atoms with van der Waals surface area (Å²) in [5.41, 5.74) is 2.68. The molecule has 0 spiro atoms. The Labute approximate surface area is 188 Å². The number of carbonyl (C=O) groups excluding carboxylic acids is 2. The Morgan fingerprint density at radius 2 is 1.22 bits per heavy atom. The lowest BCUT2D eigenvalue weighted by Gasteiger charge is -2.23. The number of rotatable bonds is 7. The minimum atomic E-state index is -0.449. The third-order valence-electron chi connectivity index (χ3n) is 5.19. The van der Waals surface area contributed by atoms with E-state index in [4.69, 9.17) is 14.2 Å². The Kier molecular flexibility index (Phi) is 6.98. The molecule has 0 saturated carbocycles. The summed E-state index contributed by atoms with van der Waals surface area (Å²) in [7, 11) is 3.16. The number of hydrogen-bond donors (Lipinski definition) is 0. The molecule has 0 aliphatic rings. The second-order valence-electron chi connectivity index (χ2n) is 8.52. The van der Waals surface area contributed by atoms with Crippen LogP contribution in [-0.4, -0.2) is 26.0 Å². The molecule has 0 aromatic heterocycles. The highest BCUT2D eigenvalue weighted by Gasteiger charge is 2.22. The summed E-state index contributed by atoms with van der Waals surface area (Å²) in [6.07, 6.45) is 0.256. The number of ketones is 1. The molecule has 5 heteroatoms. The molecule has 5 nitrogen and oxygen atoms in total. The van der Waals surface area contributed by atoms with Crippen LogP contribution in [0.25, 0.3) is 0 Å². The van der Waals surface area contributed by atoms with Crippen LogP contribution in [0.4, 0.5) is 0 Å². The zero-order valence-corrected chi connectivity index (χ0v) is 19.1. The second kappa shape index (κ2) is 9.69. The molecule has 0 aliphatic heterocycles. The summed E-state index contributed by atoms with van der Waals surface area (Å²) in [5, 5.41) is 0. The fraction of sp³-hybridized carbons (Fsp3) is 0.259. The fourth-order valence-electron chi connectivity index (χ4n) is 3.42. The monoisotopic (exact) mass is 432 g/mol. The van der Waals surface area contributed by atoms with Gasteiger partial charge in [-0.3, -0.25) is 4.79 Å². The smallest absolute Gasteiger partial charge is 0.343 e. The van der Waals surface area contributed by atoms with Crippen molar-refractivity contribution in [3.05, 3.63) is 89.0 Å². The molecule has 3 aromatic carbocycles. The maximum Gasteiger partial charge on any atom is 0.343 e. The van der Waals surface area contributed by atoms with E-state index < -0.39 is 5.97 Å². The van der Waals surface area contributed by atoms with Gasteiger partial charge in [0.05, 0.1) is 19.8 Å². The Morgan fingerprint density at radius 3 is 1.72 bits per heavy atom. The molecule has 0 saturated heterocycles. The summed E-state index contributed by atoms with van der Waals surface area (Å²) in [5.74, 6) is 1.38. The lowest BCUT2D eigenvalue weighted by molar-refractivity contribution is 0.0734. The quantitative estimate of drug-likeness (QED) is 0.274. The van der Waals surface area contributed by atoms with Crippen molar-refractivity contribution in [1.82, 2.24) is 0 Å². The number of esters is 1. The summed E-state index contributed by atoms with van der Waals surface area (Å²) in [6.45, 7) is 6.20. The van der Waals surface area contributed by atoms with Crippen LogP contribution in [0.3, 0.4) is 0 Å². The maximum absolute atomic E-state index is 12.9. The molecular formula is C27H28O5. The van der Waals surface area contributed by atoms with E-state index in [1.54, 1.807) is 68.8 Å². The van der Waals surface area contributed by atoms with E-state index in [1.807, 2.05) is 12.1 Å². The molecule has 0 unspecified atom stereocenters. The van der Waals surface area contributed by atoms with Crippen LogP contribution >= 0.6 is 0 Å². The molecule has 0 heterocycles. The van der Waals surface area contributed by atoms with Gasteiger partial charge >= 0.3 is 5.97 Å². The van der Waals surface area contributed by atoms with Crippen LogP contribution in [0, 0.1) is 0 Å². The lowest BCUT2D eigenvalue weighted by atomic mass is 9.82. The molecule has 0 amide bonds. The van der Waals surface area contributed by atoms with E-state index in [2.05, 4.69) is 20.8 Å². The van der Waals surface area contributed by atoms with Crippen molar-refractivity contribution in [3.63, 3.8) is 0 Å². The molecule has 3 aromatic rings. The van der Waals surface area contributed by atoms with Crippen LogP contribution in [0.15, 0.2) is 66.7 Å². The summed E-state index contributed by atoms with van der Waals surface area (Å²) in [4.78, 5) is 25.4. The Morgan fingerprint density at radius 1 is 0.719 bits per heavy atom. The van der Waals surface area contributed by atoms with Crippen LogP contribution in [0.5, 0.6) is 17.2 Å². The predicted octanol–water partition coefficient (Wildman–Crippen LogP) is 5.65. The molecule has 0 N–H and O–H groups in total. The van der Waals surface area contributed by atoms with Gasteiger partial charge < -0.3 is 14.2 Å². The molecule has 0 bridgehead atoms. The first-order valence-electron chi connectivity index (χ1n) is 10.4. The zero-order valence-electron chi connectivity index (χ0n) is 19.1. The van der Waals surface area contributed by atoms with E-state index >= 15 is 0 Å². The van der Waals surface area contributed by atoms with Gasteiger partial charge in [-0.1, -0.05) is 26.8 Å². The highest BCUT2D eigenvalue weighted by atomic mass is 16.5. The van der Waals surface area contributed by atoms with E-state index in [0.717, 1.165) is 11.1 Å². The van der Waals surface area contributed by atoms with Crippen LogP contribution in [-0.2, 0) is 11.8 Å². The van der Waals surface area contributed by atoms with Crippen molar-refractivity contribution in [2.75, 3.05) is 14.2 Å². The molecular weight excluding hydrogens is 404 g/mol. The van der Waals surface area contributed by atoms with Gasteiger partial charge in [0.1, 0.15) is 17.2 Å². The number of benzene rings is 3. The van der Waals surface area contributed by atoms with Gasteiger partial charge in [0.2, 0.25) is 0 Å². The average molecular weight is 433 g/mol. The van der Waals surface area contributed by atoms with Crippen molar-refractivity contribution >= 4 is 11.8 Å². The third-order valence-corrected chi connectivity index (χ3v) is 5.19. The lowest BCUT2D eigenvalue weighted by Crippen LogP contribution is -2.17. The predicted molar refractivity (Wildman–Crippen MR) is 124 cm³/mol. The van der Waals surface area contributed by atoms with Gasteiger partial charge in [0.25, 0.3) is 0 Å². The SMILES string of the molecule is COc1ccc(C(=O)Cc2ccc(OC(=O)c3ccc(OC)cc3)cc2C(C)(C)C)cc1. The van der Waals surface area contributed by atoms with Gasteiger partial charge in [-0.2, -0.15) is 0 Å². The molecule has 0 aliphatic carbocycles. The van der Waals surface area contributed by atoms with E-state index in [9.17, 15) is 9.59 Å². The van der Waals surface area contributed by atoms with Crippen molar-refractivity contribution < 1.29 is 23.8 Å². The minimum absolute atomic E-state index is 0.0149. The number of ether oxygens (including phenoxy) is 3. The number of methoxy groups -OCH3 is 2. The average Bonchev–Trinajstić information content (AvgIpc) is 2.79. The Bertz CT molecular complexity index is 1090. The van der Waals surface area contributed by atoms with Crippen LogP contribution in [0.1, 0.15) is 52.6 Å². The molecule has 166 valence electrons. The first kappa shape index (κ1) is 23.1. The number of hydrogen-bond acceptors (Lipinski definition) is 5. The molecule has 3 rings (SSSR count). The van der Waals surface area contributed by atoms with Crippen LogP contribution in [0.2, 0.25) is 0 Å². The highest BCUT2D eigenvalue weighted by Crippen LogP contribution is 2.31. The first-order valence-corrected chi connectivity index (χ1v) is 10.4. The van der Waals surface area contributed by atoms with Gasteiger partial charge in [0.15, 0.2) is 5.78 Å². The van der Waals surface area contributed by atoms with Crippen LogP contribution < -0.4 is 14.2 Å². The standard InChI is InChI=1S/C27H28O5/c1-27(2,3)24-17-23(32-26(29)19-8-13-22(31-5)14-9-19)15-10-20(24)16-25(28)18-6-11-21(30-4)12-7-18/h6-15,17H,16H2,1-5H3. The highest BCUT2D eigenvalue weighted by molar-refractivity contribution is 5.98.